The maximum absolute atomic E-state index is 12.8. The van der Waals surface area contributed by atoms with E-state index in [9.17, 15) is 9.59 Å². The molecule has 8 heteroatoms. The van der Waals surface area contributed by atoms with Crippen molar-refractivity contribution >= 4 is 22.9 Å². The second-order valence-corrected chi connectivity index (χ2v) is 6.95. The van der Waals surface area contributed by atoms with Crippen LogP contribution in [-0.4, -0.2) is 35.6 Å². The number of hydrogen-bond donors (Lipinski definition) is 1. The number of amides is 1. The Morgan fingerprint density at radius 1 is 1.23 bits per heavy atom. The third-order valence-corrected chi connectivity index (χ3v) is 4.46. The third kappa shape index (κ3) is 4.80. The molecule has 1 amide bonds. The highest BCUT2D eigenvalue weighted by atomic mass is 16.5. The van der Waals surface area contributed by atoms with E-state index >= 15 is 0 Å². The largest absolute Gasteiger partial charge is 0.493 e. The van der Waals surface area contributed by atoms with Crippen molar-refractivity contribution in [1.29, 1.82) is 0 Å². The molecule has 0 aliphatic heterocycles. The first-order valence-electron chi connectivity index (χ1n) is 9.73. The zero-order valence-electron chi connectivity index (χ0n) is 17.7. The van der Waals surface area contributed by atoms with Gasteiger partial charge in [0.05, 0.1) is 24.8 Å². The summed E-state index contributed by atoms with van der Waals surface area (Å²) in [6.45, 7) is 7.64. The predicted molar refractivity (Wildman–Crippen MR) is 120 cm³/mol. The lowest BCUT2D eigenvalue weighted by Crippen LogP contribution is -2.30. The van der Waals surface area contributed by atoms with E-state index in [0.29, 0.717) is 34.4 Å². The number of carbonyl (C=O) groups excluding carboxylic acids is 1. The van der Waals surface area contributed by atoms with Gasteiger partial charge in [-0.25, -0.2) is 10.1 Å². The van der Waals surface area contributed by atoms with Gasteiger partial charge >= 0.3 is 0 Å². The number of hydrogen-bond acceptors (Lipinski definition) is 6. The number of hydrazone groups is 1. The summed E-state index contributed by atoms with van der Waals surface area (Å²) in [5.41, 5.74) is 3.07. The quantitative estimate of drug-likeness (QED) is 0.343. The summed E-state index contributed by atoms with van der Waals surface area (Å²) in [5.74, 6) is 0.601. The molecule has 1 heterocycles. The Hall–Kier alpha value is -3.94. The molecule has 0 aliphatic carbocycles. The Morgan fingerprint density at radius 3 is 2.65 bits per heavy atom. The molecule has 0 fully saturated rings. The number of nitrogens with zero attached hydrogens (tertiary/aromatic N) is 3. The van der Waals surface area contributed by atoms with Crippen LogP contribution in [-0.2, 0) is 0 Å². The molecule has 3 rings (SSSR count). The van der Waals surface area contributed by atoms with Crippen molar-refractivity contribution in [2.45, 2.75) is 19.9 Å². The fourth-order valence-electron chi connectivity index (χ4n) is 2.98. The summed E-state index contributed by atoms with van der Waals surface area (Å²) < 4.78 is 12.1. The first-order chi connectivity index (χ1) is 15.0. The third-order valence-electron chi connectivity index (χ3n) is 4.46. The maximum Gasteiger partial charge on any atom is 0.292 e. The molecule has 1 N–H and O–H groups in total. The minimum absolute atomic E-state index is 0.131. The smallest absolute Gasteiger partial charge is 0.292 e. The van der Waals surface area contributed by atoms with Crippen LogP contribution in [0, 0.1) is 0 Å². The lowest BCUT2D eigenvalue weighted by atomic mass is 10.1. The van der Waals surface area contributed by atoms with Crippen LogP contribution >= 0.6 is 0 Å². The summed E-state index contributed by atoms with van der Waals surface area (Å²) in [6, 6.07) is 12.0. The van der Waals surface area contributed by atoms with Crippen molar-refractivity contribution < 1.29 is 14.3 Å². The SMILES string of the molecule is C=CCOc1ccc(/C=N\NC(=O)c2nn(C(C)C)c(=O)c3ccccc23)cc1OC. The minimum atomic E-state index is -0.514. The van der Waals surface area contributed by atoms with E-state index in [1.807, 2.05) is 13.8 Å². The Morgan fingerprint density at radius 2 is 1.97 bits per heavy atom. The number of ether oxygens (including phenoxy) is 2. The van der Waals surface area contributed by atoms with Gasteiger partial charge in [0, 0.05) is 5.39 Å². The number of fused-ring (bicyclic) bond motifs is 1. The van der Waals surface area contributed by atoms with Gasteiger partial charge in [-0.1, -0.05) is 30.9 Å². The molecule has 1 aromatic heterocycles. The van der Waals surface area contributed by atoms with E-state index in [2.05, 4.69) is 22.2 Å². The van der Waals surface area contributed by atoms with Gasteiger partial charge in [-0.2, -0.15) is 10.2 Å². The molecule has 2 aromatic carbocycles. The Balaban J connectivity index is 1.85. The van der Waals surface area contributed by atoms with Gasteiger partial charge in [-0.05, 0) is 43.7 Å². The first kappa shape index (κ1) is 21.8. The molecule has 3 aromatic rings. The average molecular weight is 420 g/mol. The minimum Gasteiger partial charge on any atom is -0.493 e. The molecule has 31 heavy (non-hydrogen) atoms. The van der Waals surface area contributed by atoms with Crippen molar-refractivity contribution in [3.8, 4) is 11.5 Å². The van der Waals surface area contributed by atoms with E-state index in [4.69, 9.17) is 9.47 Å². The van der Waals surface area contributed by atoms with Crippen LogP contribution in [0.4, 0.5) is 0 Å². The molecule has 0 spiro atoms. The zero-order valence-corrected chi connectivity index (χ0v) is 17.7. The standard InChI is InChI=1S/C23H24N4O4/c1-5-12-31-19-11-10-16(13-20(19)30-4)14-24-25-22(28)21-17-8-6-7-9-18(17)23(29)27(26-21)15(2)3/h5-11,13-15H,1,12H2,2-4H3,(H,25,28)/b24-14-. The fraction of sp³-hybridized carbons (Fsp3) is 0.217. The number of nitrogens with one attached hydrogen (secondary N) is 1. The summed E-state index contributed by atoms with van der Waals surface area (Å²) >= 11 is 0. The van der Waals surface area contributed by atoms with Crippen LogP contribution in [0.3, 0.4) is 0 Å². The van der Waals surface area contributed by atoms with Gasteiger partial charge in [-0.15, -0.1) is 0 Å². The lowest BCUT2D eigenvalue weighted by molar-refractivity contribution is 0.0949. The lowest BCUT2D eigenvalue weighted by Gasteiger charge is -2.12. The van der Waals surface area contributed by atoms with Crippen LogP contribution in [0.5, 0.6) is 11.5 Å². The summed E-state index contributed by atoms with van der Waals surface area (Å²) in [5, 5.41) is 9.20. The van der Waals surface area contributed by atoms with Gasteiger partial charge in [-0.3, -0.25) is 9.59 Å². The molecule has 160 valence electrons. The van der Waals surface area contributed by atoms with E-state index in [1.54, 1.807) is 55.7 Å². The summed E-state index contributed by atoms with van der Waals surface area (Å²) in [7, 11) is 1.54. The van der Waals surface area contributed by atoms with Crippen molar-refractivity contribution in [3.63, 3.8) is 0 Å². The molecule has 0 radical (unpaired) electrons. The molecule has 0 aliphatic rings. The Kier molecular flexibility index (Phi) is 6.81. The van der Waals surface area contributed by atoms with Gasteiger partial charge in [0.25, 0.3) is 11.5 Å². The van der Waals surface area contributed by atoms with E-state index < -0.39 is 5.91 Å². The highest BCUT2D eigenvalue weighted by Crippen LogP contribution is 2.27. The van der Waals surface area contributed by atoms with Gasteiger partial charge < -0.3 is 9.47 Å². The van der Waals surface area contributed by atoms with Crippen LogP contribution in [0.25, 0.3) is 10.8 Å². The van der Waals surface area contributed by atoms with Gasteiger partial charge in [0.1, 0.15) is 6.61 Å². The Bertz CT molecular complexity index is 1200. The normalized spacial score (nSPS) is 11.1. The molecule has 0 saturated carbocycles. The van der Waals surface area contributed by atoms with E-state index in [1.165, 1.54) is 10.9 Å². The zero-order chi connectivity index (χ0) is 22.4. The second-order valence-electron chi connectivity index (χ2n) is 6.95. The molecule has 0 saturated heterocycles. The molecular weight excluding hydrogens is 396 g/mol. The highest BCUT2D eigenvalue weighted by Gasteiger charge is 2.17. The molecule has 0 unspecified atom stereocenters. The molecule has 0 atom stereocenters. The number of carbonyl (C=O) groups is 1. The van der Waals surface area contributed by atoms with Crippen molar-refractivity contribution in [2.24, 2.45) is 5.10 Å². The van der Waals surface area contributed by atoms with Crippen LogP contribution in [0.2, 0.25) is 0 Å². The van der Waals surface area contributed by atoms with Crippen LogP contribution in [0.15, 0.2) is 65.0 Å². The Labute approximate surface area is 179 Å². The van der Waals surface area contributed by atoms with Gasteiger partial charge in [0.2, 0.25) is 0 Å². The second kappa shape index (κ2) is 9.71. The maximum atomic E-state index is 12.8. The van der Waals surface area contributed by atoms with Crippen molar-refractivity contribution in [3.05, 3.63) is 76.7 Å². The number of methoxy groups -OCH3 is 1. The molecule has 0 bridgehead atoms. The van der Waals surface area contributed by atoms with E-state index in [0.717, 1.165) is 0 Å². The summed E-state index contributed by atoms with van der Waals surface area (Å²) in [4.78, 5) is 25.4. The van der Waals surface area contributed by atoms with E-state index in [-0.39, 0.29) is 17.3 Å². The molecule has 8 nitrogen and oxygen atoms in total. The highest BCUT2D eigenvalue weighted by molar-refractivity contribution is 6.05. The fourth-order valence-corrected chi connectivity index (χ4v) is 2.98. The monoisotopic (exact) mass is 420 g/mol. The predicted octanol–water partition coefficient (Wildman–Crippen LogP) is 3.31. The average Bonchev–Trinajstić information content (AvgIpc) is 2.78. The summed E-state index contributed by atoms with van der Waals surface area (Å²) in [6.07, 6.45) is 3.13. The first-order valence-corrected chi connectivity index (χ1v) is 9.73. The van der Waals surface area contributed by atoms with Crippen LogP contribution in [0.1, 0.15) is 35.9 Å². The number of benzene rings is 2. The molecular formula is C23H24N4O4. The number of aromatic nitrogens is 2. The van der Waals surface area contributed by atoms with Crippen molar-refractivity contribution in [2.75, 3.05) is 13.7 Å². The van der Waals surface area contributed by atoms with Crippen molar-refractivity contribution in [1.82, 2.24) is 15.2 Å². The topological polar surface area (TPSA) is 94.8 Å². The van der Waals surface area contributed by atoms with Crippen LogP contribution < -0.4 is 20.5 Å². The van der Waals surface area contributed by atoms with Gasteiger partial charge in [0.15, 0.2) is 17.2 Å². The number of rotatable bonds is 8.